The number of amides is 1. The van der Waals surface area contributed by atoms with Gasteiger partial charge in [0, 0.05) is 12.7 Å². The maximum Gasteiger partial charge on any atom is 0.354 e. The summed E-state index contributed by atoms with van der Waals surface area (Å²) in [4.78, 5) is 25.2. The summed E-state index contributed by atoms with van der Waals surface area (Å²) < 4.78 is 0. The van der Waals surface area contributed by atoms with Gasteiger partial charge in [-0.05, 0) is 11.6 Å². The molecule has 0 aliphatic carbocycles. The summed E-state index contributed by atoms with van der Waals surface area (Å²) in [5.41, 5.74) is 0.689. The number of hydrogen-bond acceptors (Lipinski definition) is 3. The van der Waals surface area contributed by atoms with Gasteiger partial charge in [0.15, 0.2) is 0 Å². The smallest absolute Gasteiger partial charge is 0.354 e. The zero-order valence-corrected chi connectivity index (χ0v) is 8.43. The molecule has 1 heterocycles. The van der Waals surface area contributed by atoms with E-state index in [0.29, 0.717) is 0 Å². The van der Waals surface area contributed by atoms with Crippen molar-refractivity contribution in [2.24, 2.45) is 0 Å². The molecular weight excluding hydrogens is 208 g/mol. The standard InChI is InChI=1S/C11H10N2O3/c1-2-3-10(14)13-7-8-4-5-9(11(15)16)12-6-8/h1,4-6H,3,7H2,(H,13,14)(H,15,16). The largest absolute Gasteiger partial charge is 0.477 e. The van der Waals surface area contributed by atoms with Crippen LogP contribution in [0.1, 0.15) is 22.5 Å². The second-order valence-corrected chi connectivity index (χ2v) is 3.01. The summed E-state index contributed by atoms with van der Waals surface area (Å²) in [5, 5.41) is 11.2. The van der Waals surface area contributed by atoms with Crippen LogP contribution in [0.5, 0.6) is 0 Å². The van der Waals surface area contributed by atoms with E-state index in [9.17, 15) is 9.59 Å². The lowest BCUT2D eigenvalue weighted by Gasteiger charge is -2.02. The van der Waals surface area contributed by atoms with Crippen LogP contribution in [0.15, 0.2) is 18.3 Å². The van der Waals surface area contributed by atoms with Gasteiger partial charge in [0.05, 0.1) is 6.42 Å². The van der Waals surface area contributed by atoms with Crippen molar-refractivity contribution in [3.8, 4) is 12.3 Å². The van der Waals surface area contributed by atoms with E-state index in [1.165, 1.54) is 12.3 Å². The number of carboxylic acid groups (broad SMARTS) is 1. The minimum atomic E-state index is -1.08. The monoisotopic (exact) mass is 218 g/mol. The molecule has 0 saturated carbocycles. The van der Waals surface area contributed by atoms with Gasteiger partial charge >= 0.3 is 5.97 Å². The van der Waals surface area contributed by atoms with Crippen molar-refractivity contribution in [3.63, 3.8) is 0 Å². The van der Waals surface area contributed by atoms with Crippen LogP contribution in [0, 0.1) is 12.3 Å². The molecule has 0 bridgehead atoms. The molecule has 0 saturated heterocycles. The Kier molecular flexibility index (Phi) is 4.04. The highest BCUT2D eigenvalue weighted by Crippen LogP contribution is 2.00. The minimum absolute atomic E-state index is 0.0284. The number of carboxylic acids is 1. The molecule has 5 nitrogen and oxygen atoms in total. The first-order valence-electron chi connectivity index (χ1n) is 4.52. The summed E-state index contributed by atoms with van der Waals surface area (Å²) in [7, 11) is 0. The van der Waals surface area contributed by atoms with E-state index >= 15 is 0 Å². The number of carbonyl (C=O) groups is 2. The lowest BCUT2D eigenvalue weighted by Crippen LogP contribution is -2.21. The predicted octanol–water partition coefficient (Wildman–Crippen LogP) is 0.419. The Labute approximate surface area is 92.5 Å². The lowest BCUT2D eigenvalue weighted by atomic mass is 10.2. The summed E-state index contributed by atoms with van der Waals surface area (Å²) in [5.74, 6) is 0.896. The number of rotatable bonds is 4. The number of aromatic carboxylic acids is 1. The Bertz CT molecular complexity index is 432. The molecule has 2 N–H and O–H groups in total. The van der Waals surface area contributed by atoms with Crippen LogP contribution in [0.4, 0.5) is 0 Å². The van der Waals surface area contributed by atoms with Crippen LogP contribution in [0.25, 0.3) is 0 Å². The molecule has 0 unspecified atom stereocenters. The third-order valence-electron chi connectivity index (χ3n) is 1.80. The first-order chi connectivity index (χ1) is 7.63. The Hall–Kier alpha value is -2.35. The molecule has 0 fully saturated rings. The highest BCUT2D eigenvalue weighted by molar-refractivity contribution is 5.85. The number of nitrogens with zero attached hydrogens (tertiary/aromatic N) is 1. The molecule has 0 aromatic carbocycles. The van der Waals surface area contributed by atoms with Gasteiger partial charge in [0.25, 0.3) is 0 Å². The molecule has 0 aliphatic heterocycles. The number of carbonyl (C=O) groups excluding carboxylic acids is 1. The van der Waals surface area contributed by atoms with Crippen molar-refractivity contribution in [1.29, 1.82) is 0 Å². The van der Waals surface area contributed by atoms with Crippen molar-refractivity contribution < 1.29 is 14.7 Å². The van der Waals surface area contributed by atoms with Crippen molar-refractivity contribution in [2.45, 2.75) is 13.0 Å². The van der Waals surface area contributed by atoms with Gasteiger partial charge in [0.1, 0.15) is 5.69 Å². The number of nitrogens with one attached hydrogen (secondary N) is 1. The first-order valence-corrected chi connectivity index (χ1v) is 4.52. The van der Waals surface area contributed by atoms with E-state index in [-0.39, 0.29) is 24.6 Å². The van der Waals surface area contributed by atoms with Crippen molar-refractivity contribution in [3.05, 3.63) is 29.6 Å². The third kappa shape index (κ3) is 3.42. The fourth-order valence-corrected chi connectivity index (χ4v) is 1.01. The van der Waals surface area contributed by atoms with E-state index in [4.69, 9.17) is 11.5 Å². The number of terminal acetylenes is 1. The van der Waals surface area contributed by atoms with E-state index in [1.54, 1.807) is 6.07 Å². The molecule has 0 radical (unpaired) electrons. The van der Waals surface area contributed by atoms with Gasteiger partial charge in [-0.3, -0.25) is 4.79 Å². The molecule has 16 heavy (non-hydrogen) atoms. The van der Waals surface area contributed by atoms with Gasteiger partial charge in [-0.2, -0.15) is 0 Å². The Balaban J connectivity index is 2.53. The van der Waals surface area contributed by atoms with Gasteiger partial charge in [-0.15, -0.1) is 6.42 Å². The zero-order valence-electron chi connectivity index (χ0n) is 8.43. The topological polar surface area (TPSA) is 79.3 Å². The molecule has 0 spiro atoms. The first kappa shape index (κ1) is 11.7. The fraction of sp³-hybridized carbons (Fsp3) is 0.182. The van der Waals surface area contributed by atoms with Crippen LogP contribution < -0.4 is 5.32 Å². The normalized spacial score (nSPS) is 9.19. The van der Waals surface area contributed by atoms with Gasteiger partial charge in [-0.1, -0.05) is 12.0 Å². The Morgan fingerprint density at radius 3 is 2.75 bits per heavy atom. The highest BCUT2D eigenvalue weighted by atomic mass is 16.4. The van der Waals surface area contributed by atoms with E-state index < -0.39 is 5.97 Å². The summed E-state index contributed by atoms with van der Waals surface area (Å²) in [6.45, 7) is 0.285. The maximum absolute atomic E-state index is 11.0. The molecule has 1 amide bonds. The Morgan fingerprint density at radius 2 is 2.25 bits per heavy atom. The third-order valence-corrected chi connectivity index (χ3v) is 1.80. The van der Waals surface area contributed by atoms with E-state index in [1.807, 2.05) is 0 Å². The number of aromatic nitrogens is 1. The summed E-state index contributed by atoms with van der Waals surface area (Å²) in [6.07, 6.45) is 6.39. The number of hydrogen-bond donors (Lipinski definition) is 2. The molecule has 82 valence electrons. The van der Waals surface area contributed by atoms with Gasteiger partial charge < -0.3 is 10.4 Å². The van der Waals surface area contributed by atoms with Crippen LogP contribution in [0.3, 0.4) is 0 Å². The van der Waals surface area contributed by atoms with Crippen molar-refractivity contribution in [1.82, 2.24) is 10.3 Å². The quantitative estimate of drug-likeness (QED) is 0.718. The fourth-order valence-electron chi connectivity index (χ4n) is 1.01. The van der Waals surface area contributed by atoms with E-state index in [2.05, 4.69) is 16.2 Å². The molecular formula is C11H10N2O3. The van der Waals surface area contributed by atoms with Crippen molar-refractivity contribution >= 4 is 11.9 Å². The van der Waals surface area contributed by atoms with Crippen LogP contribution in [0.2, 0.25) is 0 Å². The van der Waals surface area contributed by atoms with Gasteiger partial charge in [0.2, 0.25) is 5.91 Å². The average Bonchev–Trinajstić information content (AvgIpc) is 2.27. The molecule has 0 aliphatic rings. The molecule has 0 atom stereocenters. The van der Waals surface area contributed by atoms with Crippen LogP contribution >= 0.6 is 0 Å². The summed E-state index contributed by atoms with van der Waals surface area (Å²) in [6, 6.07) is 2.97. The average molecular weight is 218 g/mol. The van der Waals surface area contributed by atoms with Crippen molar-refractivity contribution in [2.75, 3.05) is 0 Å². The Morgan fingerprint density at radius 1 is 1.50 bits per heavy atom. The zero-order chi connectivity index (χ0) is 12.0. The number of pyridine rings is 1. The summed E-state index contributed by atoms with van der Waals surface area (Å²) >= 11 is 0. The minimum Gasteiger partial charge on any atom is -0.477 e. The lowest BCUT2D eigenvalue weighted by molar-refractivity contribution is -0.120. The molecule has 1 rings (SSSR count). The SMILES string of the molecule is C#CCC(=O)NCc1ccc(C(=O)O)nc1. The van der Waals surface area contributed by atoms with E-state index in [0.717, 1.165) is 5.56 Å². The van der Waals surface area contributed by atoms with Crippen LogP contribution in [-0.2, 0) is 11.3 Å². The second kappa shape index (κ2) is 5.51. The predicted molar refractivity (Wildman–Crippen MR) is 56.5 cm³/mol. The highest BCUT2D eigenvalue weighted by Gasteiger charge is 2.04. The maximum atomic E-state index is 11.0. The van der Waals surface area contributed by atoms with Gasteiger partial charge in [-0.25, -0.2) is 9.78 Å². The second-order valence-electron chi connectivity index (χ2n) is 3.01. The molecule has 5 heteroatoms. The molecule has 1 aromatic rings. The molecule has 1 aromatic heterocycles. The van der Waals surface area contributed by atoms with Crippen LogP contribution in [-0.4, -0.2) is 22.0 Å².